The van der Waals surface area contributed by atoms with Gasteiger partial charge in [-0.2, -0.15) is 0 Å². The number of carbonyl (C=O) groups is 2. The van der Waals surface area contributed by atoms with Crippen LogP contribution in [0.2, 0.25) is 5.02 Å². The maximum absolute atomic E-state index is 13.6. The monoisotopic (exact) mass is 438 g/mol. The smallest absolute Gasteiger partial charge is 0.254 e. The topological polar surface area (TPSA) is 58.2 Å². The molecule has 0 fully saturated rings. The van der Waals surface area contributed by atoms with E-state index < -0.39 is 11.7 Å². The molecule has 0 bridgehead atoms. The third-order valence-electron chi connectivity index (χ3n) is 5.77. The lowest BCUT2D eigenvalue weighted by Crippen LogP contribution is -2.39. The predicted molar refractivity (Wildman–Crippen MR) is 120 cm³/mol. The normalized spacial score (nSPS) is 20.3. The van der Waals surface area contributed by atoms with Crippen LogP contribution in [0.1, 0.15) is 45.1 Å². The van der Waals surface area contributed by atoms with Gasteiger partial charge in [-0.3, -0.25) is 9.59 Å². The molecule has 6 heteroatoms. The summed E-state index contributed by atoms with van der Waals surface area (Å²) in [7, 11) is 0. The fourth-order valence-corrected chi connectivity index (χ4v) is 4.62. The fraction of sp³-hybridized carbons (Fsp3) is 0.280. The largest absolute Gasteiger partial charge is 0.362 e. The fourth-order valence-electron chi connectivity index (χ4n) is 4.49. The molecule has 2 N–H and O–H groups in total. The highest BCUT2D eigenvalue weighted by atomic mass is 35.5. The Morgan fingerprint density at radius 1 is 1.16 bits per heavy atom. The zero-order valence-corrected chi connectivity index (χ0v) is 18.4. The predicted octanol–water partition coefficient (Wildman–Crippen LogP) is 5.72. The molecule has 1 heterocycles. The van der Waals surface area contributed by atoms with Crippen molar-refractivity contribution in [1.29, 1.82) is 0 Å². The van der Waals surface area contributed by atoms with E-state index in [1.54, 1.807) is 18.2 Å². The van der Waals surface area contributed by atoms with E-state index >= 15 is 0 Å². The van der Waals surface area contributed by atoms with Gasteiger partial charge >= 0.3 is 0 Å². The van der Waals surface area contributed by atoms with Crippen LogP contribution in [0.5, 0.6) is 0 Å². The number of carbonyl (C=O) groups excluding carboxylic acids is 2. The van der Waals surface area contributed by atoms with Crippen LogP contribution in [0.3, 0.4) is 0 Å². The standard InChI is InChI=1S/C25H24ClFN2O2/c1-14-21(24(31)29-18-6-4-5-17(27)11-18)22(15-7-9-16(26)10-8-15)23-19(28-14)12-25(2,3)13-20(23)30/h4-11,22,28H,12-13H2,1-3H3,(H,29,31)/t22-/m0/s1. The maximum atomic E-state index is 13.6. The van der Waals surface area contributed by atoms with E-state index in [0.29, 0.717) is 40.4 Å². The number of benzene rings is 2. The SMILES string of the molecule is CC1=C(C(=O)Nc2cccc(F)c2)[C@H](c2ccc(Cl)cc2)C2=C(CC(C)(C)CC2=O)N1. The Hall–Kier alpha value is -2.92. The van der Waals surface area contributed by atoms with Crippen molar-refractivity contribution in [2.24, 2.45) is 5.41 Å². The zero-order valence-electron chi connectivity index (χ0n) is 17.7. The number of anilines is 1. The zero-order chi connectivity index (χ0) is 22.3. The quantitative estimate of drug-likeness (QED) is 0.644. The van der Waals surface area contributed by atoms with Crippen molar-refractivity contribution in [3.05, 3.63) is 87.5 Å². The highest BCUT2D eigenvalue weighted by molar-refractivity contribution is 6.30. The van der Waals surface area contributed by atoms with Gasteiger partial charge in [0.05, 0.1) is 0 Å². The van der Waals surface area contributed by atoms with Gasteiger partial charge in [-0.1, -0.05) is 43.6 Å². The van der Waals surface area contributed by atoms with Gasteiger partial charge in [0.2, 0.25) is 0 Å². The summed E-state index contributed by atoms with van der Waals surface area (Å²) < 4.78 is 13.6. The van der Waals surface area contributed by atoms with Gasteiger partial charge in [0, 0.05) is 45.6 Å². The lowest BCUT2D eigenvalue weighted by Gasteiger charge is -2.39. The Morgan fingerprint density at radius 2 is 1.87 bits per heavy atom. The summed E-state index contributed by atoms with van der Waals surface area (Å²) in [5, 5.41) is 6.68. The molecule has 4 nitrogen and oxygen atoms in total. The number of ketones is 1. The first-order valence-electron chi connectivity index (χ1n) is 10.2. The second kappa shape index (κ2) is 7.97. The van der Waals surface area contributed by atoms with Gasteiger partial charge in [-0.15, -0.1) is 0 Å². The number of nitrogens with one attached hydrogen (secondary N) is 2. The summed E-state index contributed by atoms with van der Waals surface area (Å²) in [4.78, 5) is 26.6. The summed E-state index contributed by atoms with van der Waals surface area (Å²) in [6, 6.07) is 13.0. The van der Waals surface area contributed by atoms with Crippen LogP contribution in [-0.2, 0) is 9.59 Å². The van der Waals surface area contributed by atoms with Crippen molar-refractivity contribution in [2.75, 3.05) is 5.32 Å². The average molecular weight is 439 g/mol. The Labute approximate surface area is 186 Å². The molecule has 0 saturated heterocycles. The van der Waals surface area contributed by atoms with Crippen LogP contribution in [0, 0.1) is 11.2 Å². The lowest BCUT2D eigenvalue weighted by molar-refractivity contribution is -0.118. The van der Waals surface area contributed by atoms with Gasteiger partial charge in [0.25, 0.3) is 5.91 Å². The van der Waals surface area contributed by atoms with E-state index in [-0.39, 0.29) is 17.1 Å². The van der Waals surface area contributed by atoms with E-state index in [9.17, 15) is 14.0 Å². The number of Topliss-reactive ketones (excluding diaryl/α,β-unsaturated/α-hetero) is 1. The minimum Gasteiger partial charge on any atom is -0.362 e. The number of allylic oxidation sites excluding steroid dienone is 3. The molecule has 4 rings (SSSR count). The Bertz CT molecular complexity index is 1130. The van der Waals surface area contributed by atoms with Crippen molar-refractivity contribution >= 4 is 29.0 Å². The molecule has 2 aromatic rings. The first-order chi connectivity index (χ1) is 14.6. The number of halogens is 2. The number of hydrogen-bond donors (Lipinski definition) is 2. The number of dihydropyridines is 1. The summed E-state index contributed by atoms with van der Waals surface area (Å²) in [5.74, 6) is -1.30. The average Bonchev–Trinajstić information content (AvgIpc) is 2.66. The van der Waals surface area contributed by atoms with Gasteiger partial charge < -0.3 is 10.6 Å². The molecule has 1 aliphatic carbocycles. The van der Waals surface area contributed by atoms with E-state index in [4.69, 9.17) is 11.6 Å². The molecule has 31 heavy (non-hydrogen) atoms. The van der Waals surface area contributed by atoms with Crippen molar-refractivity contribution in [1.82, 2.24) is 5.32 Å². The van der Waals surface area contributed by atoms with E-state index in [1.165, 1.54) is 18.2 Å². The van der Waals surface area contributed by atoms with Crippen LogP contribution in [-0.4, -0.2) is 11.7 Å². The highest BCUT2D eigenvalue weighted by Crippen LogP contribution is 2.46. The van der Waals surface area contributed by atoms with Gasteiger partial charge in [-0.25, -0.2) is 4.39 Å². The lowest BCUT2D eigenvalue weighted by atomic mass is 9.68. The summed E-state index contributed by atoms with van der Waals surface area (Å²) >= 11 is 6.09. The Balaban J connectivity index is 1.80. The van der Waals surface area contributed by atoms with Crippen LogP contribution in [0.25, 0.3) is 0 Å². The minimum absolute atomic E-state index is 0.0299. The molecule has 0 radical (unpaired) electrons. The first-order valence-corrected chi connectivity index (χ1v) is 10.6. The molecule has 0 spiro atoms. The second-order valence-corrected chi connectivity index (χ2v) is 9.38. The number of rotatable bonds is 3. The first kappa shape index (κ1) is 21.3. The minimum atomic E-state index is -0.523. The third kappa shape index (κ3) is 4.28. The Morgan fingerprint density at radius 3 is 2.55 bits per heavy atom. The number of hydrogen-bond acceptors (Lipinski definition) is 3. The highest BCUT2D eigenvalue weighted by Gasteiger charge is 2.42. The van der Waals surface area contributed by atoms with Crippen LogP contribution in [0.4, 0.5) is 10.1 Å². The van der Waals surface area contributed by atoms with E-state index in [0.717, 1.165) is 11.3 Å². The molecule has 0 saturated carbocycles. The number of amides is 1. The molecular formula is C25H24ClFN2O2. The van der Waals surface area contributed by atoms with E-state index in [1.807, 2.05) is 19.1 Å². The maximum Gasteiger partial charge on any atom is 0.254 e. The van der Waals surface area contributed by atoms with Crippen molar-refractivity contribution in [2.45, 2.75) is 39.5 Å². The van der Waals surface area contributed by atoms with Crippen LogP contribution < -0.4 is 10.6 Å². The molecular weight excluding hydrogens is 415 g/mol. The second-order valence-electron chi connectivity index (χ2n) is 8.95. The molecule has 2 aliphatic rings. The van der Waals surface area contributed by atoms with Crippen molar-refractivity contribution in [3.8, 4) is 0 Å². The molecule has 0 unspecified atom stereocenters. The van der Waals surface area contributed by atoms with Gasteiger partial charge in [0.15, 0.2) is 5.78 Å². The third-order valence-corrected chi connectivity index (χ3v) is 6.02. The van der Waals surface area contributed by atoms with Gasteiger partial charge in [-0.05, 0) is 54.7 Å². The van der Waals surface area contributed by atoms with E-state index in [2.05, 4.69) is 24.5 Å². The molecule has 1 aliphatic heterocycles. The van der Waals surface area contributed by atoms with Crippen LogP contribution >= 0.6 is 11.6 Å². The van der Waals surface area contributed by atoms with Crippen LogP contribution in [0.15, 0.2) is 71.1 Å². The summed E-state index contributed by atoms with van der Waals surface area (Å²) in [5.41, 5.74) is 3.62. The summed E-state index contributed by atoms with van der Waals surface area (Å²) in [6.45, 7) is 5.97. The molecule has 0 aromatic heterocycles. The summed E-state index contributed by atoms with van der Waals surface area (Å²) in [6.07, 6.45) is 1.13. The molecule has 160 valence electrons. The Kier molecular flexibility index (Phi) is 5.48. The van der Waals surface area contributed by atoms with Crippen molar-refractivity contribution in [3.63, 3.8) is 0 Å². The molecule has 1 atom stereocenters. The van der Waals surface area contributed by atoms with Crippen molar-refractivity contribution < 1.29 is 14.0 Å². The van der Waals surface area contributed by atoms with Gasteiger partial charge in [0.1, 0.15) is 5.82 Å². The molecule has 2 aromatic carbocycles. The molecule has 1 amide bonds.